The van der Waals surface area contributed by atoms with Gasteiger partial charge in [-0.3, -0.25) is 5.01 Å². The zero-order valence-electron chi connectivity index (χ0n) is 5.04. The third kappa shape index (κ3) is 1.83. The van der Waals surface area contributed by atoms with Crippen LogP contribution < -0.4 is 0 Å². The summed E-state index contributed by atoms with van der Waals surface area (Å²) in [5.74, 6) is 0. The molecule has 9 heavy (non-hydrogen) atoms. The van der Waals surface area contributed by atoms with Gasteiger partial charge in [0, 0.05) is 0 Å². The van der Waals surface area contributed by atoms with Crippen LogP contribution in [0, 0.1) is 0 Å². The third-order valence-electron chi connectivity index (χ3n) is 1.17. The van der Waals surface area contributed by atoms with Gasteiger partial charge in [0.15, 0.2) is 0 Å². The Bertz CT molecular complexity index is 125. The standard InChI is InChI=1S/C5H8N2O2/c8-5-6-7-1-3-9-4-2-7/h1-4H2. The van der Waals surface area contributed by atoms with Crippen LogP contribution in [0.5, 0.6) is 0 Å². The SMILES string of the molecule is O=C=NN1CCOCC1. The summed E-state index contributed by atoms with van der Waals surface area (Å²) in [5, 5.41) is 5.08. The Hall–Kier alpha value is -0.860. The molecule has 0 atom stereocenters. The van der Waals surface area contributed by atoms with E-state index in [0.717, 1.165) is 0 Å². The highest BCUT2D eigenvalue weighted by Crippen LogP contribution is 1.94. The fourth-order valence-electron chi connectivity index (χ4n) is 0.711. The molecule has 1 aliphatic heterocycles. The molecule has 0 aromatic rings. The van der Waals surface area contributed by atoms with Crippen LogP contribution in [0.1, 0.15) is 0 Å². The van der Waals surface area contributed by atoms with Crippen LogP contribution >= 0.6 is 0 Å². The van der Waals surface area contributed by atoms with E-state index in [2.05, 4.69) is 5.10 Å². The van der Waals surface area contributed by atoms with Crippen molar-refractivity contribution in [2.24, 2.45) is 5.10 Å². The van der Waals surface area contributed by atoms with Gasteiger partial charge in [-0.2, -0.15) is 0 Å². The van der Waals surface area contributed by atoms with Gasteiger partial charge in [-0.1, -0.05) is 5.10 Å². The van der Waals surface area contributed by atoms with Crippen molar-refractivity contribution in [2.45, 2.75) is 0 Å². The summed E-state index contributed by atoms with van der Waals surface area (Å²) in [6, 6.07) is 0. The van der Waals surface area contributed by atoms with E-state index in [1.165, 1.54) is 6.08 Å². The maximum atomic E-state index is 9.70. The lowest BCUT2D eigenvalue weighted by atomic mass is 10.5. The van der Waals surface area contributed by atoms with Crippen molar-refractivity contribution in [2.75, 3.05) is 26.3 Å². The summed E-state index contributed by atoms with van der Waals surface area (Å²) in [6.45, 7) is 2.72. The lowest BCUT2D eigenvalue weighted by Gasteiger charge is -2.21. The van der Waals surface area contributed by atoms with Crippen molar-refractivity contribution in [3.8, 4) is 0 Å². The minimum Gasteiger partial charge on any atom is -0.378 e. The molecule has 0 amide bonds. The van der Waals surface area contributed by atoms with Crippen molar-refractivity contribution in [3.05, 3.63) is 0 Å². The van der Waals surface area contributed by atoms with E-state index in [4.69, 9.17) is 4.74 Å². The van der Waals surface area contributed by atoms with Crippen molar-refractivity contribution < 1.29 is 9.53 Å². The lowest BCUT2D eigenvalue weighted by Crippen LogP contribution is -2.31. The maximum Gasteiger partial charge on any atom is 0.258 e. The highest BCUT2D eigenvalue weighted by molar-refractivity contribution is 5.32. The molecule has 0 unspecified atom stereocenters. The number of nitrogens with zero attached hydrogens (tertiary/aromatic N) is 2. The van der Waals surface area contributed by atoms with Crippen LogP contribution in [0.15, 0.2) is 5.10 Å². The largest absolute Gasteiger partial charge is 0.378 e. The van der Waals surface area contributed by atoms with E-state index in [0.29, 0.717) is 26.3 Å². The molecule has 1 saturated heterocycles. The van der Waals surface area contributed by atoms with Crippen LogP contribution in [0.25, 0.3) is 0 Å². The average molecular weight is 128 g/mol. The molecule has 0 aromatic carbocycles. The van der Waals surface area contributed by atoms with Gasteiger partial charge in [-0.05, 0) is 0 Å². The summed E-state index contributed by atoms with van der Waals surface area (Å²) < 4.78 is 5.01. The predicted molar refractivity (Wildman–Crippen MR) is 30.5 cm³/mol. The van der Waals surface area contributed by atoms with Crippen LogP contribution in [-0.2, 0) is 9.53 Å². The Morgan fingerprint density at radius 1 is 1.44 bits per heavy atom. The number of hydrazone groups is 1. The molecule has 4 heteroatoms. The van der Waals surface area contributed by atoms with Crippen molar-refractivity contribution in [1.82, 2.24) is 5.01 Å². The minimum absolute atomic E-state index is 0.658. The van der Waals surface area contributed by atoms with Crippen LogP contribution in [0.3, 0.4) is 0 Å². The molecule has 1 fully saturated rings. The van der Waals surface area contributed by atoms with Crippen molar-refractivity contribution in [3.63, 3.8) is 0 Å². The molecule has 0 N–H and O–H groups in total. The zero-order chi connectivity index (χ0) is 6.53. The van der Waals surface area contributed by atoms with Crippen LogP contribution in [0.2, 0.25) is 0 Å². The average Bonchev–Trinajstić information content (AvgIpc) is 1.91. The fraction of sp³-hybridized carbons (Fsp3) is 0.800. The van der Waals surface area contributed by atoms with Gasteiger partial charge in [0.2, 0.25) is 0 Å². The van der Waals surface area contributed by atoms with Gasteiger partial charge in [-0.25, -0.2) is 4.79 Å². The summed E-state index contributed by atoms with van der Waals surface area (Å²) in [7, 11) is 0. The first kappa shape index (κ1) is 6.26. The summed E-state index contributed by atoms with van der Waals surface area (Å²) >= 11 is 0. The summed E-state index contributed by atoms with van der Waals surface area (Å²) in [6.07, 6.45) is 1.48. The van der Waals surface area contributed by atoms with Crippen molar-refractivity contribution >= 4 is 6.08 Å². The first-order valence-corrected chi connectivity index (χ1v) is 2.84. The van der Waals surface area contributed by atoms with E-state index < -0.39 is 0 Å². The number of isocyanates is 1. The van der Waals surface area contributed by atoms with Gasteiger partial charge in [-0.15, -0.1) is 0 Å². The molecule has 1 heterocycles. The number of rotatable bonds is 1. The Balaban J connectivity index is 2.31. The molecule has 0 aliphatic carbocycles. The number of morpholine rings is 1. The number of hydrogen-bond donors (Lipinski definition) is 0. The smallest absolute Gasteiger partial charge is 0.258 e. The van der Waals surface area contributed by atoms with Gasteiger partial charge in [0.05, 0.1) is 26.3 Å². The molecule has 0 saturated carbocycles. The van der Waals surface area contributed by atoms with E-state index in [1.807, 2.05) is 0 Å². The Morgan fingerprint density at radius 3 is 2.67 bits per heavy atom. The first-order chi connectivity index (χ1) is 4.43. The fourth-order valence-corrected chi connectivity index (χ4v) is 0.711. The highest BCUT2D eigenvalue weighted by atomic mass is 16.5. The van der Waals surface area contributed by atoms with Gasteiger partial charge in [0.25, 0.3) is 6.08 Å². The monoisotopic (exact) mass is 128 g/mol. The number of ether oxygens (including phenoxy) is 1. The van der Waals surface area contributed by atoms with Gasteiger partial charge >= 0.3 is 0 Å². The zero-order valence-corrected chi connectivity index (χ0v) is 5.04. The second-order valence-corrected chi connectivity index (χ2v) is 1.76. The molecular weight excluding hydrogens is 120 g/mol. The van der Waals surface area contributed by atoms with Gasteiger partial charge in [0.1, 0.15) is 0 Å². The first-order valence-electron chi connectivity index (χ1n) is 2.84. The molecule has 50 valence electrons. The molecule has 0 bridgehead atoms. The third-order valence-corrected chi connectivity index (χ3v) is 1.17. The van der Waals surface area contributed by atoms with E-state index >= 15 is 0 Å². The molecule has 1 rings (SSSR count). The molecule has 1 aliphatic rings. The van der Waals surface area contributed by atoms with E-state index in [-0.39, 0.29) is 0 Å². The normalized spacial score (nSPS) is 18.9. The quantitative estimate of drug-likeness (QED) is 0.355. The molecule has 0 aromatic heterocycles. The molecule has 0 radical (unpaired) electrons. The van der Waals surface area contributed by atoms with Crippen LogP contribution in [0.4, 0.5) is 0 Å². The number of hydrogen-bond acceptors (Lipinski definition) is 4. The molecule has 4 nitrogen and oxygen atoms in total. The Morgan fingerprint density at radius 2 is 2.11 bits per heavy atom. The topological polar surface area (TPSA) is 41.9 Å². The van der Waals surface area contributed by atoms with E-state index in [1.54, 1.807) is 5.01 Å². The Kier molecular flexibility index (Phi) is 2.24. The summed E-state index contributed by atoms with van der Waals surface area (Å²) in [5.41, 5.74) is 0. The predicted octanol–water partition coefficient (Wildman–Crippen LogP) is -0.431. The second kappa shape index (κ2) is 3.22. The Labute approximate surface area is 53.1 Å². The number of carbonyl (C=O) groups excluding carboxylic acids is 1. The second-order valence-electron chi connectivity index (χ2n) is 1.76. The minimum atomic E-state index is 0.658. The molecule has 0 spiro atoms. The maximum absolute atomic E-state index is 9.70. The summed E-state index contributed by atoms with van der Waals surface area (Å²) in [4.78, 5) is 9.70. The van der Waals surface area contributed by atoms with E-state index in [9.17, 15) is 4.79 Å². The van der Waals surface area contributed by atoms with Crippen molar-refractivity contribution in [1.29, 1.82) is 0 Å². The van der Waals surface area contributed by atoms with Gasteiger partial charge < -0.3 is 4.74 Å². The van der Waals surface area contributed by atoms with Crippen LogP contribution in [-0.4, -0.2) is 37.4 Å². The lowest BCUT2D eigenvalue weighted by molar-refractivity contribution is 0.0393. The molecular formula is C5H8N2O2. The highest BCUT2D eigenvalue weighted by Gasteiger charge is 2.05.